The summed E-state index contributed by atoms with van der Waals surface area (Å²) in [6, 6.07) is 0.166. The van der Waals surface area contributed by atoms with E-state index in [2.05, 4.69) is 5.32 Å². The fourth-order valence-electron chi connectivity index (χ4n) is 1.53. The van der Waals surface area contributed by atoms with Gasteiger partial charge in [-0.05, 0) is 20.8 Å². The molecule has 0 unspecified atom stereocenters. The highest BCUT2D eigenvalue weighted by atomic mass is 32.2. The van der Waals surface area contributed by atoms with Crippen molar-refractivity contribution in [2.24, 2.45) is 0 Å². The van der Waals surface area contributed by atoms with Gasteiger partial charge in [-0.25, -0.2) is 13.2 Å². The number of carbonyl (C=O) groups excluding carboxylic acids is 1. The van der Waals surface area contributed by atoms with Gasteiger partial charge in [-0.3, -0.25) is 0 Å². The van der Waals surface area contributed by atoms with Crippen molar-refractivity contribution in [3.63, 3.8) is 0 Å². The molecule has 18 heavy (non-hydrogen) atoms. The third kappa shape index (κ3) is 5.68. The third-order valence-corrected chi connectivity index (χ3v) is 3.38. The molecule has 0 radical (unpaired) electrons. The van der Waals surface area contributed by atoms with Crippen LogP contribution in [0.5, 0.6) is 0 Å². The second kappa shape index (κ2) is 5.44. The molecule has 7 heteroatoms. The van der Waals surface area contributed by atoms with Gasteiger partial charge in [-0.15, -0.1) is 0 Å². The monoisotopic (exact) mass is 278 g/mol. The van der Waals surface area contributed by atoms with E-state index in [4.69, 9.17) is 4.74 Å². The maximum Gasteiger partial charge on any atom is 0.410 e. The van der Waals surface area contributed by atoms with Crippen LogP contribution in [0.1, 0.15) is 20.8 Å². The average molecular weight is 278 g/mol. The maximum atomic E-state index is 11.6. The van der Waals surface area contributed by atoms with Crippen molar-refractivity contribution in [1.82, 2.24) is 10.2 Å². The smallest absolute Gasteiger partial charge is 0.410 e. The number of likely N-dealkylation sites (tertiary alicyclic amines) is 1. The fourth-order valence-corrected chi connectivity index (χ4v) is 2.02. The number of carbonyl (C=O) groups is 1. The van der Waals surface area contributed by atoms with E-state index in [1.54, 1.807) is 4.90 Å². The largest absolute Gasteiger partial charge is 0.444 e. The van der Waals surface area contributed by atoms with E-state index in [1.165, 1.54) is 6.26 Å². The number of amides is 1. The van der Waals surface area contributed by atoms with Gasteiger partial charge < -0.3 is 15.0 Å². The van der Waals surface area contributed by atoms with Crippen molar-refractivity contribution < 1.29 is 17.9 Å². The SMILES string of the molecule is CC(C)(C)OC(=O)N1CC(NCCS(C)(=O)=O)C1. The average Bonchev–Trinajstić information content (AvgIpc) is 2.03. The molecule has 1 saturated heterocycles. The van der Waals surface area contributed by atoms with Crippen molar-refractivity contribution in [2.45, 2.75) is 32.4 Å². The van der Waals surface area contributed by atoms with Crippen molar-refractivity contribution in [3.05, 3.63) is 0 Å². The second-order valence-electron chi connectivity index (χ2n) is 5.67. The molecule has 0 aromatic rings. The Hall–Kier alpha value is -0.820. The van der Waals surface area contributed by atoms with E-state index in [1.807, 2.05) is 20.8 Å². The first-order chi connectivity index (χ1) is 8.07. The van der Waals surface area contributed by atoms with E-state index in [9.17, 15) is 13.2 Å². The summed E-state index contributed by atoms with van der Waals surface area (Å²) in [4.78, 5) is 13.2. The Kier molecular flexibility index (Phi) is 4.61. The summed E-state index contributed by atoms with van der Waals surface area (Å²) in [5.41, 5.74) is -0.480. The van der Waals surface area contributed by atoms with Gasteiger partial charge >= 0.3 is 6.09 Å². The number of ether oxygens (including phenoxy) is 1. The van der Waals surface area contributed by atoms with Crippen molar-refractivity contribution in [1.29, 1.82) is 0 Å². The number of nitrogens with one attached hydrogen (secondary N) is 1. The summed E-state index contributed by atoms with van der Waals surface area (Å²) in [5.74, 6) is 0.121. The lowest BCUT2D eigenvalue weighted by Crippen LogP contribution is -2.61. The zero-order valence-corrected chi connectivity index (χ0v) is 12.2. The van der Waals surface area contributed by atoms with Crippen LogP contribution in [0.15, 0.2) is 0 Å². The highest BCUT2D eigenvalue weighted by Crippen LogP contribution is 2.14. The van der Waals surface area contributed by atoms with E-state index >= 15 is 0 Å². The summed E-state index contributed by atoms with van der Waals surface area (Å²) in [6.45, 7) is 7.04. The molecule has 1 heterocycles. The summed E-state index contributed by atoms with van der Waals surface area (Å²) in [6.07, 6.45) is 0.895. The van der Waals surface area contributed by atoms with Crippen LogP contribution in [0.4, 0.5) is 4.79 Å². The summed E-state index contributed by atoms with van der Waals surface area (Å²) >= 11 is 0. The zero-order valence-electron chi connectivity index (χ0n) is 11.4. The van der Waals surface area contributed by atoms with Crippen molar-refractivity contribution in [3.8, 4) is 0 Å². The summed E-state index contributed by atoms with van der Waals surface area (Å²) < 4.78 is 27.1. The van der Waals surface area contributed by atoms with Crippen molar-refractivity contribution in [2.75, 3.05) is 31.6 Å². The lowest BCUT2D eigenvalue weighted by molar-refractivity contribution is 0.00554. The molecule has 1 aliphatic rings. The molecule has 0 atom stereocenters. The van der Waals surface area contributed by atoms with Crippen LogP contribution in [0.2, 0.25) is 0 Å². The maximum absolute atomic E-state index is 11.6. The minimum absolute atomic E-state index is 0.121. The first kappa shape index (κ1) is 15.2. The molecular weight excluding hydrogens is 256 g/mol. The molecule has 0 saturated carbocycles. The highest BCUT2D eigenvalue weighted by molar-refractivity contribution is 7.90. The number of rotatable bonds is 4. The van der Waals surface area contributed by atoms with Gasteiger partial charge in [-0.2, -0.15) is 0 Å². The second-order valence-corrected chi connectivity index (χ2v) is 7.93. The first-order valence-corrected chi connectivity index (χ1v) is 8.02. The number of hydrogen-bond acceptors (Lipinski definition) is 5. The summed E-state index contributed by atoms with van der Waals surface area (Å²) in [5, 5.41) is 3.09. The molecule has 6 nitrogen and oxygen atoms in total. The summed E-state index contributed by atoms with van der Waals surface area (Å²) in [7, 11) is -2.93. The van der Waals surface area contributed by atoms with Gasteiger partial charge in [-0.1, -0.05) is 0 Å². The van der Waals surface area contributed by atoms with Gasteiger partial charge in [0.25, 0.3) is 0 Å². The molecule has 1 rings (SSSR count). The van der Waals surface area contributed by atoms with E-state index in [0.29, 0.717) is 19.6 Å². The molecule has 0 aliphatic carbocycles. The molecule has 1 fully saturated rings. The molecule has 0 spiro atoms. The Morgan fingerprint density at radius 2 is 1.94 bits per heavy atom. The fraction of sp³-hybridized carbons (Fsp3) is 0.909. The molecule has 0 aromatic carbocycles. The Morgan fingerprint density at radius 3 is 2.39 bits per heavy atom. The Morgan fingerprint density at radius 1 is 1.39 bits per heavy atom. The van der Waals surface area contributed by atoms with E-state index < -0.39 is 15.4 Å². The van der Waals surface area contributed by atoms with E-state index in [0.717, 1.165) is 0 Å². The lowest BCUT2D eigenvalue weighted by atomic mass is 10.1. The molecule has 0 aromatic heterocycles. The van der Waals surface area contributed by atoms with Crippen LogP contribution >= 0.6 is 0 Å². The van der Waals surface area contributed by atoms with Crippen LogP contribution in [-0.4, -0.2) is 62.7 Å². The van der Waals surface area contributed by atoms with Crippen molar-refractivity contribution >= 4 is 15.9 Å². The highest BCUT2D eigenvalue weighted by Gasteiger charge is 2.33. The van der Waals surface area contributed by atoms with Crippen LogP contribution in [0.3, 0.4) is 0 Å². The minimum Gasteiger partial charge on any atom is -0.444 e. The standard InChI is InChI=1S/C11H22N2O4S/c1-11(2,3)17-10(14)13-7-9(8-13)12-5-6-18(4,15)16/h9,12H,5-8H2,1-4H3. The topological polar surface area (TPSA) is 75.7 Å². The van der Waals surface area contributed by atoms with Gasteiger partial charge in [0.15, 0.2) is 0 Å². The molecular formula is C11H22N2O4S. The van der Waals surface area contributed by atoms with Crippen LogP contribution in [0.25, 0.3) is 0 Å². The predicted octanol–water partition coefficient (Wildman–Crippen LogP) is 0.240. The van der Waals surface area contributed by atoms with Crippen LogP contribution in [-0.2, 0) is 14.6 Å². The Bertz CT molecular complexity index is 394. The zero-order chi connectivity index (χ0) is 14.0. The molecule has 1 N–H and O–H groups in total. The van der Waals surface area contributed by atoms with Crippen LogP contribution < -0.4 is 5.32 Å². The minimum atomic E-state index is -2.93. The van der Waals surface area contributed by atoms with E-state index in [-0.39, 0.29) is 17.9 Å². The normalized spacial score (nSPS) is 17.4. The van der Waals surface area contributed by atoms with Gasteiger partial charge in [0.2, 0.25) is 0 Å². The van der Waals surface area contributed by atoms with Gasteiger partial charge in [0.1, 0.15) is 15.4 Å². The van der Waals surface area contributed by atoms with Gasteiger partial charge in [0, 0.05) is 31.9 Å². The van der Waals surface area contributed by atoms with Crippen LogP contribution in [0, 0.1) is 0 Å². The molecule has 1 aliphatic heterocycles. The number of nitrogens with zero attached hydrogens (tertiary/aromatic N) is 1. The van der Waals surface area contributed by atoms with Gasteiger partial charge in [0.05, 0.1) is 5.75 Å². The lowest BCUT2D eigenvalue weighted by Gasteiger charge is -2.40. The molecule has 1 amide bonds. The number of hydrogen-bond donors (Lipinski definition) is 1. The molecule has 0 bridgehead atoms. The number of sulfone groups is 1. The quantitative estimate of drug-likeness (QED) is 0.797. The molecule has 106 valence electrons. The first-order valence-electron chi connectivity index (χ1n) is 5.96. The Labute approximate surface area is 109 Å². The predicted molar refractivity (Wildman–Crippen MR) is 69.3 cm³/mol. The Balaban J connectivity index is 2.18. The third-order valence-electron chi connectivity index (χ3n) is 2.44.